The lowest BCUT2D eigenvalue weighted by Crippen LogP contribution is -2.00. The zero-order chi connectivity index (χ0) is 34.0. The molecule has 0 radical (unpaired) electrons. The van der Waals surface area contributed by atoms with Gasteiger partial charge in [-0.2, -0.15) is 0 Å². The van der Waals surface area contributed by atoms with Crippen LogP contribution in [0.3, 0.4) is 0 Å². The summed E-state index contributed by atoms with van der Waals surface area (Å²) in [6.45, 7) is 0. The summed E-state index contributed by atoms with van der Waals surface area (Å²) in [5.41, 5.74) is 11.5. The molecule has 5 nitrogen and oxygen atoms in total. The highest BCUT2D eigenvalue weighted by Gasteiger charge is 2.16. The van der Waals surface area contributed by atoms with Gasteiger partial charge in [-0.15, -0.1) is 0 Å². The first-order chi connectivity index (χ1) is 25.3. The van der Waals surface area contributed by atoms with E-state index in [1.165, 1.54) is 5.56 Å². The highest BCUT2D eigenvalue weighted by Crippen LogP contribution is 2.32. The van der Waals surface area contributed by atoms with Crippen LogP contribution >= 0.6 is 0 Å². The molecule has 0 N–H and O–H groups in total. The van der Waals surface area contributed by atoms with E-state index in [0.717, 1.165) is 61.5 Å². The van der Waals surface area contributed by atoms with Gasteiger partial charge in [0.25, 0.3) is 0 Å². The highest BCUT2D eigenvalue weighted by atomic mass is 15.1. The van der Waals surface area contributed by atoms with Crippen molar-refractivity contribution in [3.8, 4) is 73.5 Å². The van der Waals surface area contributed by atoms with Gasteiger partial charge in [-0.05, 0) is 52.6 Å². The molecule has 9 rings (SSSR count). The molecule has 0 fully saturated rings. The van der Waals surface area contributed by atoms with Gasteiger partial charge in [0.15, 0.2) is 17.5 Å². The summed E-state index contributed by atoms with van der Waals surface area (Å²) in [7, 11) is 0. The molecule has 2 heterocycles. The lowest BCUT2D eigenvalue weighted by atomic mass is 10.0. The maximum absolute atomic E-state index is 5.04. The molecule has 0 unspecified atom stereocenters. The van der Waals surface area contributed by atoms with Crippen molar-refractivity contribution in [2.75, 3.05) is 0 Å². The number of para-hydroxylation sites is 3. The molecule has 0 atom stereocenters. The van der Waals surface area contributed by atoms with Gasteiger partial charge in [0.2, 0.25) is 0 Å². The quantitative estimate of drug-likeness (QED) is 0.172. The molecular formula is C46H31N5. The van der Waals surface area contributed by atoms with Gasteiger partial charge >= 0.3 is 0 Å². The molecule has 0 spiro atoms. The molecule has 0 saturated heterocycles. The van der Waals surface area contributed by atoms with Gasteiger partial charge in [-0.1, -0.05) is 158 Å². The smallest absolute Gasteiger partial charge is 0.164 e. The van der Waals surface area contributed by atoms with Gasteiger partial charge in [-0.3, -0.25) is 4.57 Å². The molecule has 0 aliphatic rings. The molecule has 0 saturated carbocycles. The molecule has 0 bridgehead atoms. The number of benzene rings is 7. The number of imidazole rings is 1. The summed E-state index contributed by atoms with van der Waals surface area (Å²) in [6, 6.07) is 64.5. The van der Waals surface area contributed by atoms with Crippen molar-refractivity contribution in [1.29, 1.82) is 0 Å². The van der Waals surface area contributed by atoms with E-state index >= 15 is 0 Å². The fraction of sp³-hybridized carbons (Fsp3) is 0. The van der Waals surface area contributed by atoms with Crippen molar-refractivity contribution in [3.63, 3.8) is 0 Å². The third-order valence-corrected chi connectivity index (χ3v) is 9.09. The third-order valence-electron chi connectivity index (χ3n) is 9.09. The van der Waals surface area contributed by atoms with Crippen LogP contribution in [-0.2, 0) is 0 Å². The number of hydrogen-bond donors (Lipinski definition) is 0. The molecule has 0 aliphatic heterocycles. The molecule has 2 aromatic heterocycles. The summed E-state index contributed by atoms with van der Waals surface area (Å²) in [5.74, 6) is 2.81. The van der Waals surface area contributed by atoms with Crippen LogP contribution in [0.1, 0.15) is 0 Å². The molecule has 240 valence electrons. The van der Waals surface area contributed by atoms with Crippen molar-refractivity contribution < 1.29 is 0 Å². The Hall–Kier alpha value is -6.98. The van der Waals surface area contributed by atoms with E-state index < -0.39 is 0 Å². The van der Waals surface area contributed by atoms with Crippen molar-refractivity contribution in [1.82, 2.24) is 24.5 Å². The van der Waals surface area contributed by atoms with Gasteiger partial charge in [0.1, 0.15) is 5.82 Å². The Morgan fingerprint density at radius 2 is 0.725 bits per heavy atom. The third kappa shape index (κ3) is 5.98. The minimum atomic E-state index is 0.626. The average molecular weight is 654 g/mol. The van der Waals surface area contributed by atoms with Crippen LogP contribution in [0.5, 0.6) is 0 Å². The first-order valence-corrected chi connectivity index (χ1v) is 17.0. The van der Waals surface area contributed by atoms with Gasteiger partial charge < -0.3 is 0 Å². The van der Waals surface area contributed by atoms with Crippen molar-refractivity contribution in [2.45, 2.75) is 0 Å². The predicted octanol–water partition coefficient (Wildman–Crippen LogP) is 11.2. The number of aromatic nitrogens is 5. The Balaban J connectivity index is 1.08. The second-order valence-corrected chi connectivity index (χ2v) is 12.4. The fourth-order valence-corrected chi connectivity index (χ4v) is 6.50. The molecule has 0 amide bonds. The van der Waals surface area contributed by atoms with Crippen molar-refractivity contribution >= 4 is 11.0 Å². The van der Waals surface area contributed by atoms with E-state index in [4.69, 9.17) is 19.9 Å². The fourth-order valence-electron chi connectivity index (χ4n) is 6.50. The Kier molecular flexibility index (Phi) is 7.76. The number of rotatable bonds is 7. The average Bonchev–Trinajstić information content (AvgIpc) is 3.62. The zero-order valence-corrected chi connectivity index (χ0v) is 27.6. The normalized spacial score (nSPS) is 11.1. The molecule has 7 aromatic carbocycles. The number of fused-ring (bicyclic) bond motifs is 1. The Labute approximate surface area is 296 Å². The second kappa shape index (κ2) is 13.1. The van der Waals surface area contributed by atoms with Gasteiger partial charge in [0, 0.05) is 27.9 Å². The Morgan fingerprint density at radius 1 is 0.294 bits per heavy atom. The number of nitrogens with zero attached hydrogens (tertiary/aromatic N) is 5. The lowest BCUT2D eigenvalue weighted by molar-refractivity contribution is 1.07. The molecular weight excluding hydrogens is 623 g/mol. The summed E-state index contributed by atoms with van der Waals surface area (Å²) < 4.78 is 2.23. The van der Waals surface area contributed by atoms with E-state index in [2.05, 4.69) is 144 Å². The van der Waals surface area contributed by atoms with Crippen LogP contribution in [0.15, 0.2) is 188 Å². The minimum Gasteiger partial charge on any atom is -0.292 e. The van der Waals surface area contributed by atoms with Crippen LogP contribution in [0.2, 0.25) is 0 Å². The maximum atomic E-state index is 5.04. The second-order valence-electron chi connectivity index (χ2n) is 12.4. The number of hydrogen-bond acceptors (Lipinski definition) is 4. The summed E-state index contributed by atoms with van der Waals surface area (Å²) >= 11 is 0. The van der Waals surface area contributed by atoms with E-state index in [-0.39, 0.29) is 0 Å². The summed E-state index contributed by atoms with van der Waals surface area (Å²) in [5, 5.41) is 0. The molecule has 51 heavy (non-hydrogen) atoms. The molecule has 0 aliphatic carbocycles. The monoisotopic (exact) mass is 653 g/mol. The molecule has 9 aromatic rings. The lowest BCUT2D eigenvalue weighted by Gasteiger charge is -2.11. The minimum absolute atomic E-state index is 0.626. The van der Waals surface area contributed by atoms with Crippen LogP contribution in [-0.4, -0.2) is 24.5 Å². The standard InChI is InChI=1S/C46H31N5/c1-4-13-32(14-5-1)33-23-27-36(28-24-33)44-48-43(35-15-6-2-7-16-35)49-45(50-44)39-18-12-17-38(31-39)34-25-29-37(30-26-34)46-47-41-21-10-11-22-42(41)51(46)40-19-8-3-9-20-40/h1-31H. The molecule has 5 heteroatoms. The zero-order valence-electron chi connectivity index (χ0n) is 27.6. The Morgan fingerprint density at radius 3 is 1.39 bits per heavy atom. The van der Waals surface area contributed by atoms with Crippen molar-refractivity contribution in [3.05, 3.63) is 188 Å². The highest BCUT2D eigenvalue weighted by molar-refractivity contribution is 5.84. The Bertz CT molecular complexity index is 2600. The first-order valence-electron chi connectivity index (χ1n) is 17.0. The maximum Gasteiger partial charge on any atom is 0.164 e. The van der Waals surface area contributed by atoms with E-state index in [0.29, 0.717) is 17.5 Å². The largest absolute Gasteiger partial charge is 0.292 e. The van der Waals surface area contributed by atoms with E-state index in [1.54, 1.807) is 0 Å². The summed E-state index contributed by atoms with van der Waals surface area (Å²) in [4.78, 5) is 20.0. The van der Waals surface area contributed by atoms with Crippen molar-refractivity contribution in [2.24, 2.45) is 0 Å². The SMILES string of the molecule is c1ccc(-c2ccc(-c3nc(-c4ccccc4)nc(-c4cccc(-c5ccc(-c6nc7ccccc7n6-c6ccccc6)cc5)c4)n3)cc2)cc1. The van der Waals surface area contributed by atoms with Crippen LogP contribution < -0.4 is 0 Å². The van der Waals surface area contributed by atoms with E-state index in [1.807, 2.05) is 48.5 Å². The predicted molar refractivity (Wildman–Crippen MR) is 207 cm³/mol. The van der Waals surface area contributed by atoms with Crippen LogP contribution in [0.4, 0.5) is 0 Å². The summed E-state index contributed by atoms with van der Waals surface area (Å²) in [6.07, 6.45) is 0. The first kappa shape index (κ1) is 30.1. The topological polar surface area (TPSA) is 56.5 Å². The van der Waals surface area contributed by atoms with E-state index in [9.17, 15) is 0 Å². The van der Waals surface area contributed by atoms with Gasteiger partial charge in [-0.25, -0.2) is 19.9 Å². The van der Waals surface area contributed by atoms with Gasteiger partial charge in [0.05, 0.1) is 11.0 Å². The van der Waals surface area contributed by atoms with Crippen LogP contribution in [0, 0.1) is 0 Å². The van der Waals surface area contributed by atoms with Crippen LogP contribution in [0.25, 0.3) is 84.5 Å².